The van der Waals surface area contributed by atoms with Crippen LogP contribution in [0.4, 0.5) is 0 Å². The lowest BCUT2D eigenvalue weighted by Crippen LogP contribution is -2.24. The van der Waals surface area contributed by atoms with Crippen molar-refractivity contribution in [3.63, 3.8) is 0 Å². The number of carbonyl (C=O) groups excluding carboxylic acids is 1. The summed E-state index contributed by atoms with van der Waals surface area (Å²) in [6.07, 6.45) is 6.96. The van der Waals surface area contributed by atoms with Crippen molar-refractivity contribution < 1.29 is 4.79 Å². The SMILES string of the molecule is CSCCCCCCNC(=O)c1cccc(I)c1. The Bertz CT molecular complexity index is 371. The Labute approximate surface area is 127 Å². The molecule has 0 aliphatic heterocycles. The third kappa shape index (κ3) is 6.64. The number of carbonyl (C=O) groups is 1. The van der Waals surface area contributed by atoms with Gasteiger partial charge in [-0.2, -0.15) is 11.8 Å². The summed E-state index contributed by atoms with van der Waals surface area (Å²) in [6.45, 7) is 0.781. The van der Waals surface area contributed by atoms with Gasteiger partial charge in [-0.05, 0) is 65.6 Å². The van der Waals surface area contributed by atoms with Crippen LogP contribution in [0.15, 0.2) is 24.3 Å². The molecule has 0 aliphatic rings. The second kappa shape index (κ2) is 9.67. The highest BCUT2D eigenvalue weighted by molar-refractivity contribution is 14.1. The molecular formula is C14H20INOS. The van der Waals surface area contributed by atoms with Crippen molar-refractivity contribution in [2.45, 2.75) is 25.7 Å². The van der Waals surface area contributed by atoms with Crippen LogP contribution in [0.2, 0.25) is 0 Å². The predicted molar refractivity (Wildman–Crippen MR) is 88.3 cm³/mol. The molecule has 0 heterocycles. The maximum atomic E-state index is 11.8. The third-order valence-electron chi connectivity index (χ3n) is 2.65. The molecule has 18 heavy (non-hydrogen) atoms. The van der Waals surface area contributed by atoms with Crippen LogP contribution in [0, 0.1) is 3.57 Å². The van der Waals surface area contributed by atoms with Crippen molar-refractivity contribution >= 4 is 40.3 Å². The van der Waals surface area contributed by atoms with Gasteiger partial charge in [0.25, 0.3) is 5.91 Å². The molecule has 0 saturated carbocycles. The summed E-state index contributed by atoms with van der Waals surface area (Å²) in [5.74, 6) is 1.28. The molecule has 0 unspecified atom stereocenters. The Hall–Kier alpha value is -0.230. The molecule has 0 fully saturated rings. The summed E-state index contributed by atoms with van der Waals surface area (Å²) in [4.78, 5) is 11.8. The molecule has 4 heteroatoms. The second-order valence-electron chi connectivity index (χ2n) is 4.17. The third-order valence-corrected chi connectivity index (χ3v) is 4.02. The summed E-state index contributed by atoms with van der Waals surface area (Å²) < 4.78 is 1.09. The number of benzene rings is 1. The highest BCUT2D eigenvalue weighted by Crippen LogP contribution is 2.08. The second-order valence-corrected chi connectivity index (χ2v) is 6.40. The van der Waals surface area contributed by atoms with Crippen molar-refractivity contribution in [3.8, 4) is 0 Å². The Kier molecular flexibility index (Phi) is 8.50. The fourth-order valence-electron chi connectivity index (χ4n) is 1.66. The first-order chi connectivity index (χ1) is 8.74. The Morgan fingerprint density at radius 2 is 2.06 bits per heavy atom. The normalized spacial score (nSPS) is 10.3. The van der Waals surface area contributed by atoms with Gasteiger partial charge < -0.3 is 5.32 Å². The van der Waals surface area contributed by atoms with Crippen LogP contribution in [0.25, 0.3) is 0 Å². The van der Waals surface area contributed by atoms with E-state index >= 15 is 0 Å². The molecular weight excluding hydrogens is 357 g/mol. The summed E-state index contributed by atoms with van der Waals surface area (Å²) in [5.41, 5.74) is 0.754. The first kappa shape index (κ1) is 15.8. The number of hydrogen-bond donors (Lipinski definition) is 1. The quantitative estimate of drug-likeness (QED) is 0.549. The van der Waals surface area contributed by atoms with Crippen LogP contribution in [0.5, 0.6) is 0 Å². The highest BCUT2D eigenvalue weighted by Gasteiger charge is 2.04. The van der Waals surface area contributed by atoms with Gasteiger partial charge in [-0.1, -0.05) is 18.9 Å². The number of rotatable bonds is 8. The monoisotopic (exact) mass is 377 g/mol. The topological polar surface area (TPSA) is 29.1 Å². The highest BCUT2D eigenvalue weighted by atomic mass is 127. The largest absolute Gasteiger partial charge is 0.352 e. The minimum Gasteiger partial charge on any atom is -0.352 e. The molecule has 1 amide bonds. The van der Waals surface area contributed by atoms with Crippen molar-refractivity contribution in [3.05, 3.63) is 33.4 Å². The number of amides is 1. The van der Waals surface area contributed by atoms with E-state index in [2.05, 4.69) is 34.2 Å². The van der Waals surface area contributed by atoms with E-state index in [0.29, 0.717) is 0 Å². The van der Waals surface area contributed by atoms with Crippen LogP contribution >= 0.6 is 34.4 Å². The maximum Gasteiger partial charge on any atom is 0.251 e. The molecule has 0 aromatic heterocycles. The summed E-state index contributed by atoms with van der Waals surface area (Å²) in [6, 6.07) is 7.67. The molecule has 0 bridgehead atoms. The van der Waals surface area contributed by atoms with E-state index in [1.165, 1.54) is 25.0 Å². The molecule has 1 aromatic carbocycles. The standard InChI is InChI=1S/C14H20INOS/c1-18-10-5-3-2-4-9-16-14(17)12-7-6-8-13(15)11-12/h6-8,11H,2-5,9-10H2,1H3,(H,16,17). The zero-order chi connectivity index (χ0) is 13.2. The van der Waals surface area contributed by atoms with Gasteiger partial charge in [0.1, 0.15) is 0 Å². The van der Waals surface area contributed by atoms with Gasteiger partial charge in [0.2, 0.25) is 0 Å². The van der Waals surface area contributed by atoms with Crippen molar-refractivity contribution in [2.75, 3.05) is 18.6 Å². The van der Waals surface area contributed by atoms with E-state index in [1.54, 1.807) is 0 Å². The first-order valence-electron chi connectivity index (χ1n) is 6.26. The van der Waals surface area contributed by atoms with Gasteiger partial charge in [-0.3, -0.25) is 4.79 Å². The average molecular weight is 377 g/mol. The zero-order valence-corrected chi connectivity index (χ0v) is 13.7. The Morgan fingerprint density at radius 3 is 2.78 bits per heavy atom. The van der Waals surface area contributed by atoms with Gasteiger partial charge in [0, 0.05) is 15.7 Å². The fourth-order valence-corrected chi connectivity index (χ4v) is 2.69. The molecule has 1 rings (SSSR count). The van der Waals surface area contributed by atoms with Crippen molar-refractivity contribution in [1.29, 1.82) is 0 Å². The lowest BCUT2D eigenvalue weighted by molar-refractivity contribution is 0.0953. The van der Waals surface area contributed by atoms with E-state index < -0.39 is 0 Å². The zero-order valence-electron chi connectivity index (χ0n) is 10.7. The van der Waals surface area contributed by atoms with E-state index in [9.17, 15) is 4.79 Å². The number of thioether (sulfide) groups is 1. The minimum atomic E-state index is 0.0395. The number of unbranched alkanes of at least 4 members (excludes halogenated alkanes) is 3. The smallest absolute Gasteiger partial charge is 0.251 e. The molecule has 2 nitrogen and oxygen atoms in total. The molecule has 0 aliphatic carbocycles. The van der Waals surface area contributed by atoms with Crippen LogP contribution < -0.4 is 5.32 Å². The van der Waals surface area contributed by atoms with Crippen LogP contribution in [-0.2, 0) is 0 Å². The maximum absolute atomic E-state index is 11.8. The van der Waals surface area contributed by atoms with Gasteiger partial charge in [0.15, 0.2) is 0 Å². The van der Waals surface area contributed by atoms with E-state index in [1.807, 2.05) is 36.0 Å². The lowest BCUT2D eigenvalue weighted by Gasteiger charge is -2.05. The molecule has 0 spiro atoms. The Morgan fingerprint density at radius 1 is 1.28 bits per heavy atom. The van der Waals surface area contributed by atoms with Gasteiger partial charge in [-0.15, -0.1) is 0 Å². The van der Waals surface area contributed by atoms with Crippen LogP contribution in [0.1, 0.15) is 36.0 Å². The molecule has 100 valence electrons. The van der Waals surface area contributed by atoms with Gasteiger partial charge >= 0.3 is 0 Å². The van der Waals surface area contributed by atoms with E-state index in [4.69, 9.17) is 0 Å². The number of nitrogens with one attached hydrogen (secondary N) is 1. The average Bonchev–Trinajstić information content (AvgIpc) is 2.37. The number of hydrogen-bond acceptors (Lipinski definition) is 2. The van der Waals surface area contributed by atoms with Crippen LogP contribution in [-0.4, -0.2) is 24.5 Å². The summed E-state index contributed by atoms with van der Waals surface area (Å²) in [5, 5.41) is 2.97. The van der Waals surface area contributed by atoms with Crippen LogP contribution in [0.3, 0.4) is 0 Å². The summed E-state index contributed by atoms with van der Waals surface area (Å²) in [7, 11) is 0. The van der Waals surface area contributed by atoms with E-state index in [-0.39, 0.29) is 5.91 Å². The van der Waals surface area contributed by atoms with Crippen molar-refractivity contribution in [2.24, 2.45) is 0 Å². The Balaban J connectivity index is 2.14. The molecule has 1 aromatic rings. The number of halogens is 1. The fraction of sp³-hybridized carbons (Fsp3) is 0.500. The first-order valence-corrected chi connectivity index (χ1v) is 8.74. The van der Waals surface area contributed by atoms with Gasteiger partial charge in [0.05, 0.1) is 0 Å². The summed E-state index contributed by atoms with van der Waals surface area (Å²) >= 11 is 4.12. The van der Waals surface area contributed by atoms with Crippen molar-refractivity contribution in [1.82, 2.24) is 5.32 Å². The predicted octanol–water partition coefficient (Wildman–Crippen LogP) is 3.94. The minimum absolute atomic E-state index is 0.0395. The lowest BCUT2D eigenvalue weighted by atomic mass is 10.2. The molecule has 0 saturated heterocycles. The van der Waals surface area contributed by atoms with Gasteiger partial charge in [-0.25, -0.2) is 0 Å². The molecule has 0 radical (unpaired) electrons. The molecule has 1 N–H and O–H groups in total. The van der Waals surface area contributed by atoms with E-state index in [0.717, 1.165) is 22.1 Å². The molecule has 0 atom stereocenters.